The van der Waals surface area contributed by atoms with Gasteiger partial charge in [-0.25, -0.2) is 0 Å². The number of nitrogens with one attached hydrogen (secondary N) is 1. The summed E-state index contributed by atoms with van der Waals surface area (Å²) < 4.78 is 5.99. The van der Waals surface area contributed by atoms with E-state index in [9.17, 15) is 0 Å². The van der Waals surface area contributed by atoms with Crippen LogP contribution in [0.1, 0.15) is 44.6 Å². The molecule has 0 spiro atoms. The summed E-state index contributed by atoms with van der Waals surface area (Å²) in [5, 5.41) is 7.80. The van der Waals surface area contributed by atoms with Crippen LogP contribution in [0.15, 0.2) is 23.1 Å². The Labute approximate surface area is 125 Å². The molecule has 1 aromatic rings. The van der Waals surface area contributed by atoms with Gasteiger partial charge in [0.1, 0.15) is 11.6 Å². The molecule has 0 atom stereocenters. The van der Waals surface area contributed by atoms with Crippen LogP contribution in [0.5, 0.6) is 5.75 Å². The Balaban J connectivity index is 2.09. The predicted octanol–water partition coefficient (Wildman–Crippen LogP) is 4.04. The molecule has 1 aliphatic carbocycles. The fourth-order valence-corrected chi connectivity index (χ4v) is 3.57. The van der Waals surface area contributed by atoms with Crippen LogP contribution < -0.4 is 10.5 Å². The second kappa shape index (κ2) is 7.58. The van der Waals surface area contributed by atoms with Crippen LogP contribution >= 0.6 is 11.8 Å². The van der Waals surface area contributed by atoms with Gasteiger partial charge in [0.25, 0.3) is 0 Å². The first-order valence-corrected chi connectivity index (χ1v) is 8.44. The zero-order valence-electron chi connectivity index (χ0n) is 12.2. The highest BCUT2D eigenvalue weighted by Gasteiger charge is 2.17. The van der Waals surface area contributed by atoms with Gasteiger partial charge in [-0.15, -0.1) is 11.8 Å². The fourth-order valence-electron chi connectivity index (χ4n) is 2.73. The van der Waals surface area contributed by atoms with E-state index >= 15 is 0 Å². The van der Waals surface area contributed by atoms with E-state index in [1.807, 2.05) is 18.2 Å². The van der Waals surface area contributed by atoms with Crippen molar-refractivity contribution in [2.45, 2.75) is 43.9 Å². The SMILES string of the molecule is CCSc1cccc(OCC2CCCCC2)c1C(=N)N. The molecule has 0 radical (unpaired) electrons. The van der Waals surface area contributed by atoms with E-state index in [0.717, 1.165) is 28.6 Å². The molecule has 0 saturated heterocycles. The van der Waals surface area contributed by atoms with E-state index in [-0.39, 0.29) is 5.84 Å². The lowest BCUT2D eigenvalue weighted by molar-refractivity contribution is 0.208. The van der Waals surface area contributed by atoms with Crippen LogP contribution in [0.2, 0.25) is 0 Å². The summed E-state index contributed by atoms with van der Waals surface area (Å²) in [4.78, 5) is 1.04. The number of ether oxygens (including phenoxy) is 1. The largest absolute Gasteiger partial charge is 0.492 e. The number of nitrogens with two attached hydrogens (primary N) is 1. The molecule has 2 rings (SSSR count). The summed E-state index contributed by atoms with van der Waals surface area (Å²) in [7, 11) is 0. The van der Waals surface area contributed by atoms with Crippen LogP contribution in [0.25, 0.3) is 0 Å². The molecule has 20 heavy (non-hydrogen) atoms. The molecule has 0 bridgehead atoms. The maximum Gasteiger partial charge on any atom is 0.131 e. The average Bonchev–Trinajstić information content (AvgIpc) is 2.46. The molecule has 3 nitrogen and oxygen atoms in total. The molecular formula is C16H24N2OS. The lowest BCUT2D eigenvalue weighted by Crippen LogP contribution is -2.18. The lowest BCUT2D eigenvalue weighted by Gasteiger charge is -2.22. The van der Waals surface area contributed by atoms with Gasteiger partial charge >= 0.3 is 0 Å². The first-order chi connectivity index (χ1) is 9.72. The van der Waals surface area contributed by atoms with E-state index < -0.39 is 0 Å². The number of rotatable bonds is 6. The molecule has 0 aliphatic heterocycles. The molecule has 1 aliphatic rings. The van der Waals surface area contributed by atoms with Gasteiger partial charge in [-0.1, -0.05) is 32.3 Å². The van der Waals surface area contributed by atoms with Crippen molar-refractivity contribution in [1.29, 1.82) is 5.41 Å². The van der Waals surface area contributed by atoms with Gasteiger partial charge in [0.2, 0.25) is 0 Å². The van der Waals surface area contributed by atoms with Crippen molar-refractivity contribution in [2.75, 3.05) is 12.4 Å². The predicted molar refractivity (Wildman–Crippen MR) is 85.9 cm³/mol. The summed E-state index contributed by atoms with van der Waals surface area (Å²) in [6.45, 7) is 2.85. The van der Waals surface area contributed by atoms with Crippen LogP contribution in [0.3, 0.4) is 0 Å². The van der Waals surface area contributed by atoms with Crippen molar-refractivity contribution in [3.8, 4) is 5.75 Å². The molecule has 1 aromatic carbocycles. The standard InChI is InChI=1S/C16H24N2OS/c1-2-20-14-10-6-9-13(15(14)16(17)18)19-11-12-7-4-3-5-8-12/h6,9-10,12H,2-5,7-8,11H2,1H3,(H3,17,18). The summed E-state index contributed by atoms with van der Waals surface area (Å²) in [5.74, 6) is 2.49. The van der Waals surface area contributed by atoms with Gasteiger partial charge in [0.15, 0.2) is 0 Å². The topological polar surface area (TPSA) is 59.1 Å². The van der Waals surface area contributed by atoms with E-state index in [1.165, 1.54) is 32.1 Å². The average molecular weight is 292 g/mol. The van der Waals surface area contributed by atoms with Crippen molar-refractivity contribution < 1.29 is 4.74 Å². The van der Waals surface area contributed by atoms with E-state index in [1.54, 1.807) is 11.8 Å². The highest BCUT2D eigenvalue weighted by Crippen LogP contribution is 2.31. The first kappa shape index (κ1) is 15.2. The van der Waals surface area contributed by atoms with E-state index in [0.29, 0.717) is 5.92 Å². The molecule has 110 valence electrons. The molecule has 0 heterocycles. The summed E-state index contributed by atoms with van der Waals surface area (Å²) in [6.07, 6.45) is 6.52. The van der Waals surface area contributed by atoms with Gasteiger partial charge < -0.3 is 10.5 Å². The van der Waals surface area contributed by atoms with Gasteiger partial charge in [-0.05, 0) is 36.6 Å². The molecule has 3 N–H and O–H groups in total. The van der Waals surface area contributed by atoms with Crippen molar-refractivity contribution >= 4 is 17.6 Å². The summed E-state index contributed by atoms with van der Waals surface area (Å²) in [6, 6.07) is 5.93. The highest BCUT2D eigenvalue weighted by molar-refractivity contribution is 7.99. The fraction of sp³-hybridized carbons (Fsp3) is 0.562. The van der Waals surface area contributed by atoms with Gasteiger partial charge in [-0.2, -0.15) is 0 Å². The summed E-state index contributed by atoms with van der Waals surface area (Å²) in [5.41, 5.74) is 6.50. The number of nitrogen functional groups attached to an aromatic ring is 1. The third kappa shape index (κ3) is 3.92. The molecule has 0 amide bonds. The highest BCUT2D eigenvalue weighted by atomic mass is 32.2. The van der Waals surface area contributed by atoms with Crippen molar-refractivity contribution in [3.05, 3.63) is 23.8 Å². The smallest absolute Gasteiger partial charge is 0.131 e. The number of amidine groups is 1. The van der Waals surface area contributed by atoms with Crippen molar-refractivity contribution in [1.82, 2.24) is 0 Å². The van der Waals surface area contributed by atoms with Gasteiger partial charge in [0, 0.05) is 4.90 Å². The van der Waals surface area contributed by atoms with E-state index in [2.05, 4.69) is 6.92 Å². The van der Waals surface area contributed by atoms with Crippen molar-refractivity contribution in [3.63, 3.8) is 0 Å². The Kier molecular flexibility index (Phi) is 5.77. The minimum atomic E-state index is 0.0974. The quantitative estimate of drug-likeness (QED) is 0.472. The Bertz CT molecular complexity index is 456. The molecule has 0 aromatic heterocycles. The third-order valence-electron chi connectivity index (χ3n) is 3.76. The van der Waals surface area contributed by atoms with Crippen LogP contribution in [0.4, 0.5) is 0 Å². The molecular weight excluding hydrogens is 268 g/mol. The van der Waals surface area contributed by atoms with Crippen LogP contribution in [-0.2, 0) is 0 Å². The zero-order chi connectivity index (χ0) is 14.4. The third-order valence-corrected chi connectivity index (χ3v) is 4.70. The second-order valence-corrected chi connectivity index (χ2v) is 6.60. The Morgan fingerprint density at radius 1 is 1.35 bits per heavy atom. The minimum Gasteiger partial charge on any atom is -0.492 e. The molecule has 1 fully saturated rings. The number of hydrogen-bond acceptors (Lipinski definition) is 3. The maximum atomic E-state index is 7.80. The van der Waals surface area contributed by atoms with Crippen molar-refractivity contribution in [2.24, 2.45) is 11.7 Å². The maximum absolute atomic E-state index is 7.80. The van der Waals surface area contributed by atoms with Gasteiger partial charge in [0.05, 0.1) is 12.2 Å². The van der Waals surface area contributed by atoms with E-state index in [4.69, 9.17) is 15.9 Å². The Morgan fingerprint density at radius 3 is 2.75 bits per heavy atom. The Hall–Kier alpha value is -1.16. The monoisotopic (exact) mass is 292 g/mol. The second-order valence-electron chi connectivity index (χ2n) is 5.29. The minimum absolute atomic E-state index is 0.0974. The first-order valence-electron chi connectivity index (χ1n) is 7.45. The normalized spacial score (nSPS) is 16.1. The molecule has 0 unspecified atom stereocenters. The van der Waals surface area contributed by atoms with Crippen LogP contribution in [-0.4, -0.2) is 18.2 Å². The van der Waals surface area contributed by atoms with Crippen LogP contribution in [0, 0.1) is 11.3 Å². The number of thioether (sulfide) groups is 1. The summed E-state index contributed by atoms with van der Waals surface area (Å²) >= 11 is 1.71. The lowest BCUT2D eigenvalue weighted by atomic mass is 9.90. The van der Waals surface area contributed by atoms with Gasteiger partial charge in [-0.3, -0.25) is 5.41 Å². The number of benzene rings is 1. The zero-order valence-corrected chi connectivity index (χ0v) is 13.0. The molecule has 4 heteroatoms. The number of hydrogen-bond donors (Lipinski definition) is 2. The Morgan fingerprint density at radius 2 is 2.10 bits per heavy atom. The molecule has 1 saturated carbocycles.